The van der Waals surface area contributed by atoms with Crippen LogP contribution in [0, 0.1) is 12.3 Å². The van der Waals surface area contributed by atoms with E-state index < -0.39 is 17.2 Å². The molecule has 4 rings (SSSR count). The highest BCUT2D eigenvalue weighted by Crippen LogP contribution is 2.54. The van der Waals surface area contributed by atoms with Crippen molar-refractivity contribution in [2.45, 2.75) is 38.8 Å². The van der Waals surface area contributed by atoms with Crippen LogP contribution in [0.3, 0.4) is 0 Å². The van der Waals surface area contributed by atoms with Crippen molar-refractivity contribution in [1.82, 2.24) is 20.2 Å². The van der Waals surface area contributed by atoms with E-state index in [4.69, 9.17) is 0 Å². The third-order valence-electron chi connectivity index (χ3n) is 5.90. The number of aromatic nitrogens is 2. The Morgan fingerprint density at radius 3 is 2.78 bits per heavy atom. The number of aryl methyl sites for hydroxylation is 1. The second-order valence-electron chi connectivity index (χ2n) is 7.84. The van der Waals surface area contributed by atoms with Crippen LogP contribution in [0.25, 0.3) is 0 Å². The monoisotopic (exact) mass is 368 g/mol. The Bertz CT molecular complexity index is 969. The quantitative estimate of drug-likeness (QED) is 0.754. The lowest BCUT2D eigenvalue weighted by Gasteiger charge is -2.33. The van der Waals surface area contributed by atoms with Crippen molar-refractivity contribution in [3.63, 3.8) is 0 Å². The van der Waals surface area contributed by atoms with Gasteiger partial charge >= 0.3 is 5.69 Å². The second-order valence-corrected chi connectivity index (χ2v) is 7.84. The van der Waals surface area contributed by atoms with Gasteiger partial charge in [-0.25, -0.2) is 4.79 Å². The lowest BCUT2D eigenvalue weighted by molar-refractivity contribution is 0.0932. The summed E-state index contributed by atoms with van der Waals surface area (Å²) in [5.74, 6) is -0.420. The van der Waals surface area contributed by atoms with Crippen LogP contribution >= 0.6 is 0 Å². The maximum Gasteiger partial charge on any atom is 0.325 e. The Balaban J connectivity index is 1.32. The number of hydrogen-bond acceptors (Lipinski definition) is 4. The second kappa shape index (κ2) is 6.81. The summed E-state index contributed by atoms with van der Waals surface area (Å²) < 4.78 is 0. The minimum absolute atomic E-state index is 0.0477. The third-order valence-corrected chi connectivity index (χ3v) is 5.90. The van der Waals surface area contributed by atoms with Crippen molar-refractivity contribution in [2.24, 2.45) is 5.41 Å². The summed E-state index contributed by atoms with van der Waals surface area (Å²) in [7, 11) is 0. The summed E-state index contributed by atoms with van der Waals surface area (Å²) in [6.07, 6.45) is 4.23. The fraction of sp³-hybridized carbons (Fsp3) is 0.450. The predicted molar refractivity (Wildman–Crippen MR) is 102 cm³/mol. The fourth-order valence-corrected chi connectivity index (χ4v) is 4.14. The van der Waals surface area contributed by atoms with Crippen molar-refractivity contribution in [2.75, 3.05) is 13.1 Å². The molecule has 3 N–H and O–H groups in total. The zero-order valence-electron chi connectivity index (χ0n) is 15.4. The van der Waals surface area contributed by atoms with Crippen LogP contribution in [0.5, 0.6) is 0 Å². The molecule has 27 heavy (non-hydrogen) atoms. The summed E-state index contributed by atoms with van der Waals surface area (Å²) >= 11 is 0. The molecule has 1 aromatic heterocycles. The molecular formula is C20H24N4O3. The standard InChI is InChI=1S/C20H24N4O3/c1-13-3-2-4-14(9-13)12-24-7-5-20(6-8-24)10-16(20)22-17(25)15-11-21-19(27)23-18(15)26/h2-4,9,11,16H,5-8,10,12H2,1H3,(H,22,25)(H2,21,23,26,27). The SMILES string of the molecule is Cc1cccc(CN2CCC3(CC2)CC3NC(=O)c2c[nH]c(=O)[nH]c2=O)c1. The molecule has 0 radical (unpaired) electrons. The summed E-state index contributed by atoms with van der Waals surface area (Å²) in [5.41, 5.74) is 1.47. The van der Waals surface area contributed by atoms with Crippen molar-refractivity contribution in [1.29, 1.82) is 0 Å². The predicted octanol–water partition coefficient (Wildman–Crippen LogP) is 1.16. The van der Waals surface area contributed by atoms with E-state index in [0.29, 0.717) is 0 Å². The number of piperidine rings is 1. The van der Waals surface area contributed by atoms with Gasteiger partial charge in [-0.3, -0.25) is 19.5 Å². The van der Waals surface area contributed by atoms with Crippen LogP contribution in [0.1, 0.15) is 40.7 Å². The molecule has 1 aliphatic heterocycles. The highest BCUT2D eigenvalue weighted by atomic mass is 16.2. The van der Waals surface area contributed by atoms with Gasteiger partial charge in [0.2, 0.25) is 0 Å². The number of aromatic amines is 2. The first-order valence-electron chi connectivity index (χ1n) is 9.36. The minimum atomic E-state index is -0.654. The zero-order valence-corrected chi connectivity index (χ0v) is 15.4. The Labute approximate surface area is 156 Å². The molecule has 1 saturated heterocycles. The maximum absolute atomic E-state index is 12.3. The normalized spacial score (nSPS) is 21.1. The molecule has 2 heterocycles. The fourth-order valence-electron chi connectivity index (χ4n) is 4.14. The lowest BCUT2D eigenvalue weighted by Crippen LogP contribution is -2.40. The topological polar surface area (TPSA) is 98.1 Å². The molecule has 1 saturated carbocycles. The number of likely N-dealkylation sites (tertiary alicyclic amines) is 1. The minimum Gasteiger partial charge on any atom is -0.349 e. The van der Waals surface area contributed by atoms with Crippen LogP contribution in [0.15, 0.2) is 40.1 Å². The molecule has 1 aliphatic carbocycles. The van der Waals surface area contributed by atoms with E-state index in [1.54, 1.807) is 0 Å². The number of carbonyl (C=O) groups excluding carboxylic acids is 1. The van der Waals surface area contributed by atoms with Gasteiger partial charge in [0.05, 0.1) is 0 Å². The molecular weight excluding hydrogens is 344 g/mol. The molecule has 1 atom stereocenters. The highest BCUT2D eigenvalue weighted by molar-refractivity contribution is 5.93. The van der Waals surface area contributed by atoms with E-state index in [-0.39, 0.29) is 17.0 Å². The van der Waals surface area contributed by atoms with Crippen molar-refractivity contribution in [3.05, 3.63) is 68.0 Å². The zero-order chi connectivity index (χ0) is 19.0. The smallest absolute Gasteiger partial charge is 0.325 e. The third kappa shape index (κ3) is 3.73. The number of carbonyl (C=O) groups is 1. The number of nitrogens with one attached hydrogen (secondary N) is 3. The molecule has 1 unspecified atom stereocenters. The van der Waals surface area contributed by atoms with Gasteiger partial charge < -0.3 is 10.3 Å². The van der Waals surface area contributed by atoms with Crippen molar-refractivity contribution < 1.29 is 4.79 Å². The average molecular weight is 368 g/mol. The van der Waals surface area contributed by atoms with Crippen LogP contribution in [-0.2, 0) is 6.54 Å². The van der Waals surface area contributed by atoms with E-state index in [1.807, 2.05) is 0 Å². The number of hydrogen-bond donors (Lipinski definition) is 3. The molecule has 2 fully saturated rings. The van der Waals surface area contributed by atoms with Gasteiger partial charge in [0, 0.05) is 18.8 Å². The first-order valence-corrected chi connectivity index (χ1v) is 9.36. The van der Waals surface area contributed by atoms with Crippen LogP contribution < -0.4 is 16.6 Å². The Morgan fingerprint density at radius 1 is 1.30 bits per heavy atom. The molecule has 1 amide bonds. The molecule has 0 bridgehead atoms. The van der Waals surface area contributed by atoms with Gasteiger partial charge in [-0.1, -0.05) is 29.8 Å². The van der Waals surface area contributed by atoms with Gasteiger partial charge in [0.25, 0.3) is 11.5 Å². The van der Waals surface area contributed by atoms with Gasteiger partial charge in [0.1, 0.15) is 5.56 Å². The molecule has 1 aromatic carbocycles. The Hall–Kier alpha value is -2.67. The Morgan fingerprint density at radius 2 is 2.07 bits per heavy atom. The van der Waals surface area contributed by atoms with Crippen LogP contribution in [0.2, 0.25) is 0 Å². The van der Waals surface area contributed by atoms with E-state index in [2.05, 4.69) is 51.4 Å². The molecule has 7 nitrogen and oxygen atoms in total. The average Bonchev–Trinajstić information content (AvgIpc) is 3.28. The van der Waals surface area contributed by atoms with Crippen molar-refractivity contribution in [3.8, 4) is 0 Å². The number of benzene rings is 1. The molecule has 2 aliphatic rings. The molecule has 2 aromatic rings. The van der Waals surface area contributed by atoms with Gasteiger partial charge in [-0.2, -0.15) is 0 Å². The van der Waals surface area contributed by atoms with Crippen LogP contribution in [-0.4, -0.2) is 39.9 Å². The lowest BCUT2D eigenvalue weighted by atomic mass is 9.92. The van der Waals surface area contributed by atoms with E-state index in [9.17, 15) is 14.4 Å². The number of amides is 1. The van der Waals surface area contributed by atoms with E-state index in [1.165, 1.54) is 17.3 Å². The Kier molecular flexibility index (Phi) is 4.47. The summed E-state index contributed by atoms with van der Waals surface area (Å²) in [5, 5.41) is 2.96. The van der Waals surface area contributed by atoms with Crippen LogP contribution in [0.4, 0.5) is 0 Å². The van der Waals surface area contributed by atoms with Gasteiger partial charge in [0.15, 0.2) is 0 Å². The number of nitrogens with zero attached hydrogens (tertiary/aromatic N) is 1. The summed E-state index contributed by atoms with van der Waals surface area (Å²) in [4.78, 5) is 42.0. The molecule has 7 heteroatoms. The first-order chi connectivity index (χ1) is 12.9. The van der Waals surface area contributed by atoms with E-state index in [0.717, 1.165) is 38.9 Å². The largest absolute Gasteiger partial charge is 0.349 e. The van der Waals surface area contributed by atoms with Gasteiger partial charge in [-0.15, -0.1) is 0 Å². The molecule has 1 spiro atoms. The maximum atomic E-state index is 12.3. The number of rotatable bonds is 4. The van der Waals surface area contributed by atoms with Gasteiger partial charge in [-0.05, 0) is 50.3 Å². The van der Waals surface area contributed by atoms with E-state index >= 15 is 0 Å². The summed E-state index contributed by atoms with van der Waals surface area (Å²) in [6, 6.07) is 8.71. The number of H-pyrrole nitrogens is 2. The summed E-state index contributed by atoms with van der Waals surface area (Å²) in [6.45, 7) is 5.10. The highest BCUT2D eigenvalue weighted by Gasteiger charge is 2.55. The first kappa shape index (κ1) is 17.7. The molecule has 142 valence electrons. The van der Waals surface area contributed by atoms with Crippen molar-refractivity contribution >= 4 is 5.91 Å².